The predicted molar refractivity (Wildman–Crippen MR) is 70.2 cm³/mol. The summed E-state index contributed by atoms with van der Waals surface area (Å²) in [6, 6.07) is 0. The molecular formula is C14H29N. The van der Waals surface area contributed by atoms with Gasteiger partial charge in [0.25, 0.3) is 0 Å². The molecule has 90 valence electrons. The molecule has 0 atom stereocenters. The van der Waals surface area contributed by atoms with Gasteiger partial charge in [-0.25, -0.2) is 0 Å². The molecule has 0 aliphatic carbocycles. The molecule has 0 aliphatic heterocycles. The molecule has 0 saturated carbocycles. The molecule has 1 heteroatoms. The number of hydrogen-bond donors (Lipinski definition) is 1. The monoisotopic (exact) mass is 211 g/mol. The maximum atomic E-state index is 3.73. The van der Waals surface area contributed by atoms with Crippen molar-refractivity contribution in [3.05, 3.63) is 12.7 Å². The van der Waals surface area contributed by atoms with E-state index in [2.05, 4.69) is 25.7 Å². The Kier molecular flexibility index (Phi) is 11.5. The second kappa shape index (κ2) is 11.8. The standard InChI is InChI=1S/C14H29N/c1-4-5-6-7-9-12-15-13-10-8-11-14(2)3/h4,14-15H,1,5-13H2,2-3H3. The molecule has 0 radical (unpaired) electrons. The Balaban J connectivity index is 2.89. The van der Waals surface area contributed by atoms with E-state index in [1.165, 1.54) is 58.0 Å². The Labute approximate surface area is 96.3 Å². The van der Waals surface area contributed by atoms with Crippen molar-refractivity contribution < 1.29 is 0 Å². The van der Waals surface area contributed by atoms with Crippen LogP contribution in [0, 0.1) is 5.92 Å². The van der Waals surface area contributed by atoms with Gasteiger partial charge >= 0.3 is 0 Å². The third kappa shape index (κ3) is 13.7. The Bertz CT molecular complexity index is 129. The minimum absolute atomic E-state index is 0.865. The lowest BCUT2D eigenvalue weighted by Gasteiger charge is -2.06. The van der Waals surface area contributed by atoms with Crippen molar-refractivity contribution in [1.82, 2.24) is 5.32 Å². The van der Waals surface area contributed by atoms with Gasteiger partial charge in [0.15, 0.2) is 0 Å². The first-order valence-electron chi connectivity index (χ1n) is 6.59. The molecule has 0 spiro atoms. The predicted octanol–water partition coefficient (Wildman–Crippen LogP) is 4.15. The summed E-state index contributed by atoms with van der Waals surface area (Å²) in [6.07, 6.45) is 11.2. The maximum absolute atomic E-state index is 3.73. The highest BCUT2D eigenvalue weighted by Crippen LogP contribution is 2.05. The highest BCUT2D eigenvalue weighted by atomic mass is 14.8. The third-order valence-electron chi connectivity index (χ3n) is 2.65. The zero-order valence-corrected chi connectivity index (χ0v) is 10.7. The van der Waals surface area contributed by atoms with Crippen LogP contribution in [0.3, 0.4) is 0 Å². The van der Waals surface area contributed by atoms with Crippen LogP contribution in [0.2, 0.25) is 0 Å². The van der Waals surface area contributed by atoms with Crippen LogP contribution in [0.1, 0.15) is 58.8 Å². The average molecular weight is 211 g/mol. The molecule has 0 fully saturated rings. The van der Waals surface area contributed by atoms with Gasteiger partial charge in [-0.1, -0.05) is 39.2 Å². The van der Waals surface area contributed by atoms with Crippen molar-refractivity contribution in [2.24, 2.45) is 5.92 Å². The molecule has 0 aromatic rings. The van der Waals surface area contributed by atoms with Crippen molar-refractivity contribution in [2.75, 3.05) is 13.1 Å². The number of hydrogen-bond acceptors (Lipinski definition) is 1. The lowest BCUT2D eigenvalue weighted by Crippen LogP contribution is -2.16. The SMILES string of the molecule is C=CCCCCCNCCCCC(C)C. The molecular weight excluding hydrogens is 182 g/mol. The summed E-state index contributed by atoms with van der Waals surface area (Å²) in [5.41, 5.74) is 0. The summed E-state index contributed by atoms with van der Waals surface area (Å²) >= 11 is 0. The third-order valence-corrected chi connectivity index (χ3v) is 2.65. The van der Waals surface area contributed by atoms with Crippen LogP contribution >= 0.6 is 0 Å². The fourth-order valence-electron chi connectivity index (χ4n) is 1.64. The van der Waals surface area contributed by atoms with Crippen molar-refractivity contribution >= 4 is 0 Å². The van der Waals surface area contributed by atoms with Crippen LogP contribution in [0.15, 0.2) is 12.7 Å². The van der Waals surface area contributed by atoms with Crippen LogP contribution in [0.25, 0.3) is 0 Å². The molecule has 0 saturated heterocycles. The topological polar surface area (TPSA) is 12.0 Å². The zero-order valence-electron chi connectivity index (χ0n) is 10.7. The first-order chi connectivity index (χ1) is 7.27. The average Bonchev–Trinajstić information content (AvgIpc) is 2.20. The van der Waals surface area contributed by atoms with E-state index in [0.717, 1.165) is 5.92 Å². The Morgan fingerprint density at radius 3 is 2.27 bits per heavy atom. The summed E-state index contributed by atoms with van der Waals surface area (Å²) in [6.45, 7) is 10.7. The van der Waals surface area contributed by atoms with E-state index in [-0.39, 0.29) is 0 Å². The number of nitrogens with one attached hydrogen (secondary N) is 1. The molecule has 0 aromatic carbocycles. The quantitative estimate of drug-likeness (QED) is 0.400. The number of allylic oxidation sites excluding steroid dienone is 1. The summed E-state index contributed by atoms with van der Waals surface area (Å²) in [4.78, 5) is 0. The van der Waals surface area contributed by atoms with Crippen LogP contribution in [-0.4, -0.2) is 13.1 Å². The molecule has 0 amide bonds. The molecule has 0 unspecified atom stereocenters. The Morgan fingerprint density at radius 1 is 1.00 bits per heavy atom. The highest BCUT2D eigenvalue weighted by molar-refractivity contribution is 4.65. The molecule has 1 N–H and O–H groups in total. The van der Waals surface area contributed by atoms with Gasteiger partial charge in [0.2, 0.25) is 0 Å². The van der Waals surface area contributed by atoms with E-state index in [1.807, 2.05) is 6.08 Å². The van der Waals surface area contributed by atoms with Gasteiger partial charge in [0.05, 0.1) is 0 Å². The fourth-order valence-corrected chi connectivity index (χ4v) is 1.64. The van der Waals surface area contributed by atoms with Gasteiger partial charge < -0.3 is 5.32 Å². The molecule has 0 heterocycles. The molecule has 0 aliphatic rings. The second-order valence-corrected chi connectivity index (χ2v) is 4.78. The van der Waals surface area contributed by atoms with Crippen LogP contribution in [0.4, 0.5) is 0 Å². The van der Waals surface area contributed by atoms with Gasteiger partial charge in [-0.05, 0) is 44.7 Å². The Morgan fingerprint density at radius 2 is 1.67 bits per heavy atom. The van der Waals surface area contributed by atoms with E-state index in [9.17, 15) is 0 Å². The van der Waals surface area contributed by atoms with E-state index >= 15 is 0 Å². The van der Waals surface area contributed by atoms with Gasteiger partial charge in [0, 0.05) is 0 Å². The van der Waals surface area contributed by atoms with Gasteiger partial charge in [0.1, 0.15) is 0 Å². The van der Waals surface area contributed by atoms with Gasteiger partial charge in [-0.3, -0.25) is 0 Å². The van der Waals surface area contributed by atoms with Crippen molar-refractivity contribution in [3.8, 4) is 0 Å². The summed E-state index contributed by atoms with van der Waals surface area (Å²) in [5.74, 6) is 0.865. The summed E-state index contributed by atoms with van der Waals surface area (Å²) in [5, 5.41) is 3.51. The van der Waals surface area contributed by atoms with Crippen molar-refractivity contribution in [1.29, 1.82) is 0 Å². The summed E-state index contributed by atoms with van der Waals surface area (Å²) < 4.78 is 0. The first-order valence-corrected chi connectivity index (χ1v) is 6.59. The second-order valence-electron chi connectivity index (χ2n) is 4.78. The van der Waals surface area contributed by atoms with Crippen LogP contribution in [0.5, 0.6) is 0 Å². The van der Waals surface area contributed by atoms with Crippen molar-refractivity contribution in [2.45, 2.75) is 58.8 Å². The molecule has 0 aromatic heterocycles. The smallest absolute Gasteiger partial charge is 0.00489 e. The molecule has 0 rings (SSSR count). The van der Waals surface area contributed by atoms with Gasteiger partial charge in [-0.2, -0.15) is 0 Å². The minimum atomic E-state index is 0.865. The molecule has 15 heavy (non-hydrogen) atoms. The van der Waals surface area contributed by atoms with E-state index in [1.54, 1.807) is 0 Å². The highest BCUT2D eigenvalue weighted by Gasteiger charge is 1.93. The van der Waals surface area contributed by atoms with Crippen molar-refractivity contribution in [3.63, 3.8) is 0 Å². The first kappa shape index (κ1) is 14.7. The van der Waals surface area contributed by atoms with Crippen LogP contribution < -0.4 is 5.32 Å². The molecule has 0 bridgehead atoms. The van der Waals surface area contributed by atoms with E-state index in [0.29, 0.717) is 0 Å². The van der Waals surface area contributed by atoms with Crippen LogP contribution in [-0.2, 0) is 0 Å². The number of unbranched alkanes of at least 4 members (excludes halogenated alkanes) is 4. The van der Waals surface area contributed by atoms with E-state index in [4.69, 9.17) is 0 Å². The number of rotatable bonds is 11. The Hall–Kier alpha value is -0.300. The maximum Gasteiger partial charge on any atom is -0.00489 e. The normalized spacial score (nSPS) is 10.9. The van der Waals surface area contributed by atoms with E-state index < -0.39 is 0 Å². The van der Waals surface area contributed by atoms with Gasteiger partial charge in [-0.15, -0.1) is 6.58 Å². The minimum Gasteiger partial charge on any atom is -0.317 e. The fraction of sp³-hybridized carbons (Fsp3) is 0.857. The zero-order chi connectivity index (χ0) is 11.4. The lowest BCUT2D eigenvalue weighted by atomic mass is 10.1. The lowest BCUT2D eigenvalue weighted by molar-refractivity contribution is 0.515. The largest absolute Gasteiger partial charge is 0.317 e. The summed E-state index contributed by atoms with van der Waals surface area (Å²) in [7, 11) is 0. The molecule has 1 nitrogen and oxygen atoms in total.